The van der Waals surface area contributed by atoms with Gasteiger partial charge in [0, 0.05) is 25.6 Å². The number of carbonyl (C=O) groups is 1. The Balaban J connectivity index is 1.74. The van der Waals surface area contributed by atoms with Crippen molar-refractivity contribution < 1.29 is 31.5 Å². The largest absolute Gasteiger partial charge is 0.487 e. The minimum atomic E-state index is -2.34. The van der Waals surface area contributed by atoms with Crippen LogP contribution in [0.2, 0.25) is 10.0 Å². The molecular weight excluding hydrogens is 674 g/mol. The maximum Gasteiger partial charge on any atom is 0.280 e. The van der Waals surface area contributed by atoms with Crippen LogP contribution in [-0.2, 0) is 11.4 Å². The Kier molecular flexibility index (Phi) is 7.99. The van der Waals surface area contributed by atoms with Gasteiger partial charge in [-0.05, 0) is 53.2 Å². The summed E-state index contributed by atoms with van der Waals surface area (Å²) in [5.74, 6) is -11.9. The van der Waals surface area contributed by atoms with Crippen molar-refractivity contribution in [3.05, 3.63) is 95.1 Å². The minimum absolute atomic E-state index is 0.0180. The molecule has 0 bridgehead atoms. The predicted octanol–water partition coefficient (Wildman–Crippen LogP) is 8.60. The Morgan fingerprint density at radius 1 is 0.973 bits per heavy atom. The molecule has 37 heavy (non-hydrogen) atoms. The van der Waals surface area contributed by atoms with Gasteiger partial charge in [0.2, 0.25) is 5.82 Å². The molecule has 192 valence electrons. The van der Waals surface area contributed by atoms with Crippen LogP contribution in [0.25, 0.3) is 6.08 Å². The van der Waals surface area contributed by atoms with Gasteiger partial charge in [-0.15, -0.1) is 0 Å². The molecule has 0 atom stereocenters. The van der Waals surface area contributed by atoms with Gasteiger partial charge in [-0.2, -0.15) is 10.1 Å². The lowest BCUT2D eigenvalue weighted by Gasteiger charge is -2.15. The molecular formula is C24H11Br2Cl2F5N2O2. The van der Waals surface area contributed by atoms with Crippen LogP contribution >= 0.6 is 55.1 Å². The van der Waals surface area contributed by atoms with Crippen molar-refractivity contribution in [2.75, 3.05) is 5.01 Å². The Bertz CT molecular complexity index is 1500. The third-order valence-corrected chi connectivity index (χ3v) is 6.82. The highest BCUT2D eigenvalue weighted by Gasteiger charge is 2.37. The van der Waals surface area contributed by atoms with E-state index < -0.39 is 40.7 Å². The fourth-order valence-electron chi connectivity index (χ4n) is 3.40. The molecule has 0 radical (unpaired) electrons. The maximum atomic E-state index is 14.3. The zero-order valence-corrected chi connectivity index (χ0v) is 23.0. The first-order chi connectivity index (χ1) is 17.4. The molecule has 0 aromatic heterocycles. The summed E-state index contributed by atoms with van der Waals surface area (Å²) in [5.41, 5.74) is -0.719. The summed E-state index contributed by atoms with van der Waals surface area (Å²) < 4.78 is 76.6. The van der Waals surface area contributed by atoms with Crippen molar-refractivity contribution in [3.8, 4) is 5.75 Å². The van der Waals surface area contributed by atoms with Gasteiger partial charge >= 0.3 is 0 Å². The second-order valence-electron chi connectivity index (χ2n) is 7.61. The van der Waals surface area contributed by atoms with Crippen LogP contribution in [0.15, 0.2) is 50.0 Å². The number of carbonyl (C=O) groups excluding carboxylic acids is 1. The van der Waals surface area contributed by atoms with Crippen LogP contribution in [0.1, 0.15) is 18.1 Å². The topological polar surface area (TPSA) is 41.9 Å². The molecule has 4 rings (SSSR count). The first kappa shape index (κ1) is 27.6. The summed E-state index contributed by atoms with van der Waals surface area (Å²) in [5, 5.41) is 4.69. The number of rotatable bonds is 5. The molecule has 0 fully saturated rings. The first-order valence-electron chi connectivity index (χ1n) is 10.1. The van der Waals surface area contributed by atoms with Gasteiger partial charge in [-0.1, -0.05) is 45.2 Å². The van der Waals surface area contributed by atoms with E-state index >= 15 is 0 Å². The van der Waals surface area contributed by atoms with Crippen LogP contribution < -0.4 is 9.75 Å². The normalized spacial score (nSPS) is 14.5. The molecule has 1 heterocycles. The van der Waals surface area contributed by atoms with E-state index in [9.17, 15) is 26.7 Å². The zero-order valence-electron chi connectivity index (χ0n) is 18.3. The molecule has 0 saturated heterocycles. The number of hydrogen-bond acceptors (Lipinski definition) is 3. The van der Waals surface area contributed by atoms with E-state index in [1.54, 1.807) is 30.3 Å². The summed E-state index contributed by atoms with van der Waals surface area (Å²) in [6.45, 7) is 1.36. The van der Waals surface area contributed by atoms with Crippen LogP contribution in [0.5, 0.6) is 5.75 Å². The van der Waals surface area contributed by atoms with Gasteiger partial charge < -0.3 is 4.74 Å². The Morgan fingerprint density at radius 3 is 2.22 bits per heavy atom. The third kappa shape index (κ3) is 5.27. The van der Waals surface area contributed by atoms with Gasteiger partial charge in [0.25, 0.3) is 5.91 Å². The molecule has 1 aliphatic heterocycles. The van der Waals surface area contributed by atoms with E-state index in [1.165, 1.54) is 13.0 Å². The highest BCUT2D eigenvalue weighted by Crippen LogP contribution is 2.38. The molecule has 13 heteroatoms. The number of amides is 1. The smallest absolute Gasteiger partial charge is 0.280 e. The van der Waals surface area contributed by atoms with E-state index in [0.29, 0.717) is 30.1 Å². The summed E-state index contributed by atoms with van der Waals surface area (Å²) in [6, 6.07) is 8.13. The van der Waals surface area contributed by atoms with Crippen molar-refractivity contribution in [3.63, 3.8) is 0 Å². The number of nitrogens with zero attached hydrogens (tertiary/aromatic N) is 2. The minimum Gasteiger partial charge on any atom is -0.487 e. The average molecular weight is 685 g/mol. The Hall–Kier alpha value is -2.47. The first-order valence-corrected chi connectivity index (χ1v) is 12.4. The third-order valence-electron chi connectivity index (χ3n) is 5.19. The summed E-state index contributed by atoms with van der Waals surface area (Å²) in [6.07, 6.45) is 1.32. The van der Waals surface area contributed by atoms with E-state index in [1.807, 2.05) is 0 Å². The fraction of sp³-hybridized carbons (Fsp3) is 0.0833. The van der Waals surface area contributed by atoms with Gasteiger partial charge in [0.1, 0.15) is 18.0 Å². The molecule has 0 spiro atoms. The standard InChI is InChI=1S/C24H11Br2Cl2F5N2O2/c1-9-14(24(36)35(34-9)22-20(32)18(30)17(29)19(31)21(22)33)5-11-4-12(25)6-15(26)23(11)37-8-10-2-3-13(27)7-16(10)28/h2-7H,8H2,1H3/b14-5-. The van der Waals surface area contributed by atoms with E-state index in [4.69, 9.17) is 27.9 Å². The second kappa shape index (κ2) is 10.7. The molecule has 3 aromatic carbocycles. The maximum absolute atomic E-state index is 14.3. The predicted molar refractivity (Wildman–Crippen MR) is 137 cm³/mol. The second-order valence-corrected chi connectivity index (χ2v) is 10.2. The van der Waals surface area contributed by atoms with Crippen molar-refractivity contribution in [1.82, 2.24) is 0 Å². The van der Waals surface area contributed by atoms with Gasteiger partial charge in [-0.3, -0.25) is 4.79 Å². The number of anilines is 1. The summed E-state index contributed by atoms with van der Waals surface area (Å²) in [4.78, 5) is 13.0. The summed E-state index contributed by atoms with van der Waals surface area (Å²) in [7, 11) is 0. The van der Waals surface area contributed by atoms with Gasteiger partial charge in [-0.25, -0.2) is 22.0 Å². The van der Waals surface area contributed by atoms with Crippen molar-refractivity contribution in [1.29, 1.82) is 0 Å². The molecule has 0 N–H and O–H groups in total. The monoisotopic (exact) mass is 682 g/mol. The fourth-order valence-corrected chi connectivity index (χ4v) is 5.23. The van der Waals surface area contributed by atoms with Crippen molar-refractivity contribution in [2.45, 2.75) is 13.5 Å². The van der Waals surface area contributed by atoms with Crippen LogP contribution in [0.3, 0.4) is 0 Å². The zero-order chi connectivity index (χ0) is 27.2. The lowest BCUT2D eigenvalue weighted by molar-refractivity contribution is -0.114. The Labute approximate surface area is 233 Å². The Morgan fingerprint density at radius 2 is 1.59 bits per heavy atom. The number of benzene rings is 3. The van der Waals surface area contributed by atoms with E-state index in [0.717, 1.165) is 0 Å². The van der Waals surface area contributed by atoms with Gasteiger partial charge in [0.15, 0.2) is 23.3 Å². The molecule has 0 saturated carbocycles. The number of hydrazone groups is 1. The molecule has 3 aromatic rings. The summed E-state index contributed by atoms with van der Waals surface area (Å²) >= 11 is 18.9. The number of halogens is 9. The number of ether oxygens (including phenoxy) is 1. The molecule has 0 unspecified atom stereocenters. The highest BCUT2D eigenvalue weighted by molar-refractivity contribution is 9.11. The molecule has 1 aliphatic rings. The lowest BCUT2D eigenvalue weighted by Crippen LogP contribution is -2.25. The average Bonchev–Trinajstić information content (AvgIpc) is 3.10. The SMILES string of the molecule is CC1=NN(c2c(F)c(F)c(F)c(F)c2F)C(=O)/C1=C\c1cc(Br)cc(Br)c1OCc1ccc(Cl)cc1Cl. The van der Waals surface area contributed by atoms with Crippen LogP contribution in [-0.4, -0.2) is 11.6 Å². The molecule has 0 aliphatic carbocycles. The molecule has 4 nitrogen and oxygen atoms in total. The number of hydrogen-bond donors (Lipinski definition) is 0. The van der Waals surface area contributed by atoms with Crippen molar-refractivity contribution in [2.24, 2.45) is 5.10 Å². The van der Waals surface area contributed by atoms with Crippen LogP contribution in [0, 0.1) is 29.1 Å². The van der Waals surface area contributed by atoms with E-state index in [-0.39, 0.29) is 28.7 Å². The van der Waals surface area contributed by atoms with Crippen LogP contribution in [0.4, 0.5) is 27.6 Å². The van der Waals surface area contributed by atoms with Crippen molar-refractivity contribution >= 4 is 78.4 Å². The quantitative estimate of drug-likeness (QED) is 0.117. The van der Waals surface area contributed by atoms with Gasteiger partial charge in [0.05, 0.1) is 15.8 Å². The lowest BCUT2D eigenvalue weighted by atomic mass is 10.1. The van der Waals surface area contributed by atoms with E-state index in [2.05, 4.69) is 37.0 Å². The molecule has 1 amide bonds. The highest BCUT2D eigenvalue weighted by atomic mass is 79.9.